The molecule has 3 rings (SSSR count). The lowest BCUT2D eigenvalue weighted by Gasteiger charge is -2.14. The Morgan fingerprint density at radius 2 is 1.72 bits per heavy atom. The zero-order valence-electron chi connectivity index (χ0n) is 20.1. The van der Waals surface area contributed by atoms with Crippen LogP contribution in [0.5, 0.6) is 11.5 Å². The molecule has 0 heterocycles. The first kappa shape index (κ1) is 27.6. The molecular formula is C27H34N2O6S. The molecule has 3 aromatic rings. The molecule has 1 atom stereocenters. The van der Waals surface area contributed by atoms with E-state index in [0.717, 1.165) is 42.6 Å². The Hall–Kier alpha value is -2.95. The van der Waals surface area contributed by atoms with Gasteiger partial charge in [0.05, 0.1) is 24.2 Å². The molecule has 1 unspecified atom stereocenters. The zero-order chi connectivity index (χ0) is 26.0. The van der Waals surface area contributed by atoms with Crippen molar-refractivity contribution < 1.29 is 28.5 Å². The number of sulfonamides is 1. The third-order valence-electron chi connectivity index (χ3n) is 5.87. The number of rotatable bonds is 14. The van der Waals surface area contributed by atoms with Crippen molar-refractivity contribution in [1.82, 2.24) is 5.32 Å². The minimum atomic E-state index is -3.68. The normalized spacial score (nSPS) is 12.4. The van der Waals surface area contributed by atoms with Crippen LogP contribution in [0.3, 0.4) is 0 Å². The van der Waals surface area contributed by atoms with E-state index >= 15 is 0 Å². The molecule has 0 aromatic heterocycles. The molecule has 9 heteroatoms. The second-order valence-corrected chi connectivity index (χ2v) is 10.2. The van der Waals surface area contributed by atoms with Gasteiger partial charge < -0.3 is 25.4 Å². The van der Waals surface area contributed by atoms with E-state index in [1.54, 1.807) is 24.3 Å². The fourth-order valence-electron chi connectivity index (χ4n) is 3.78. The molecule has 6 N–H and O–H groups in total. The number of aliphatic hydroxyl groups is 2. The van der Waals surface area contributed by atoms with Gasteiger partial charge in [0.2, 0.25) is 10.0 Å². The van der Waals surface area contributed by atoms with E-state index in [2.05, 4.69) is 5.32 Å². The molecule has 0 fully saturated rings. The largest absolute Gasteiger partial charge is 0.508 e. The molecule has 3 aromatic carbocycles. The second-order valence-electron chi connectivity index (χ2n) is 8.66. The Morgan fingerprint density at radius 1 is 0.944 bits per heavy atom. The van der Waals surface area contributed by atoms with Crippen LogP contribution in [-0.4, -0.2) is 43.4 Å². The number of nitrogens with one attached hydrogen (secondary N) is 1. The summed E-state index contributed by atoms with van der Waals surface area (Å²) in [5.41, 5.74) is 3.11. The lowest BCUT2D eigenvalue weighted by molar-refractivity contribution is 0.174. The number of aryl methyl sites for hydroxylation is 1. The summed E-state index contributed by atoms with van der Waals surface area (Å²) in [5.74, 6) is 0.812. The molecule has 0 radical (unpaired) electrons. The van der Waals surface area contributed by atoms with Crippen LogP contribution in [0.4, 0.5) is 0 Å². The summed E-state index contributed by atoms with van der Waals surface area (Å²) in [4.78, 5) is 0.136. The Kier molecular flexibility index (Phi) is 10.3. The van der Waals surface area contributed by atoms with E-state index in [1.165, 1.54) is 12.1 Å². The SMILES string of the molecule is NS(=O)(=O)c1cccc(CCCCOc2ccc(CCNCC(O)c3ccc(O)c(CO)c3)cc2)c1. The van der Waals surface area contributed by atoms with Crippen molar-refractivity contribution in [1.29, 1.82) is 0 Å². The van der Waals surface area contributed by atoms with Crippen LogP contribution in [0.15, 0.2) is 71.6 Å². The summed E-state index contributed by atoms with van der Waals surface area (Å²) in [6.07, 6.45) is 2.53. The van der Waals surface area contributed by atoms with Gasteiger partial charge in [-0.1, -0.05) is 30.3 Å². The summed E-state index contributed by atoms with van der Waals surface area (Å²) >= 11 is 0. The monoisotopic (exact) mass is 514 g/mol. The Balaban J connectivity index is 1.32. The number of hydrogen-bond donors (Lipinski definition) is 5. The molecular weight excluding hydrogens is 480 g/mol. The maximum Gasteiger partial charge on any atom is 0.238 e. The quantitative estimate of drug-likeness (QED) is 0.208. The lowest BCUT2D eigenvalue weighted by atomic mass is 10.1. The van der Waals surface area contributed by atoms with Crippen molar-refractivity contribution in [2.24, 2.45) is 5.14 Å². The number of unbranched alkanes of at least 4 members (excludes halogenated alkanes) is 1. The van der Waals surface area contributed by atoms with Crippen molar-refractivity contribution in [3.8, 4) is 11.5 Å². The van der Waals surface area contributed by atoms with Crippen LogP contribution in [-0.2, 0) is 29.5 Å². The molecule has 8 nitrogen and oxygen atoms in total. The molecule has 36 heavy (non-hydrogen) atoms. The van der Waals surface area contributed by atoms with Gasteiger partial charge in [-0.25, -0.2) is 13.6 Å². The van der Waals surface area contributed by atoms with Crippen molar-refractivity contribution in [3.63, 3.8) is 0 Å². The minimum Gasteiger partial charge on any atom is -0.508 e. The highest BCUT2D eigenvalue weighted by molar-refractivity contribution is 7.89. The van der Waals surface area contributed by atoms with Crippen molar-refractivity contribution in [3.05, 3.63) is 89.0 Å². The molecule has 0 spiro atoms. The van der Waals surface area contributed by atoms with Gasteiger partial charge in [0.25, 0.3) is 0 Å². The van der Waals surface area contributed by atoms with Crippen LogP contribution in [0.1, 0.15) is 41.2 Å². The average molecular weight is 515 g/mol. The van der Waals surface area contributed by atoms with Crippen molar-refractivity contribution >= 4 is 10.0 Å². The van der Waals surface area contributed by atoms with E-state index < -0.39 is 16.1 Å². The van der Waals surface area contributed by atoms with Crippen molar-refractivity contribution in [2.45, 2.75) is 43.3 Å². The van der Waals surface area contributed by atoms with E-state index in [1.807, 2.05) is 30.3 Å². The third-order valence-corrected chi connectivity index (χ3v) is 6.78. The molecule has 0 aliphatic rings. The number of phenols is 1. The van der Waals surface area contributed by atoms with Gasteiger partial charge in [-0.05, 0) is 85.3 Å². The topological polar surface area (TPSA) is 142 Å². The smallest absolute Gasteiger partial charge is 0.238 e. The summed E-state index contributed by atoms with van der Waals surface area (Å²) in [5, 5.41) is 37.6. The average Bonchev–Trinajstić information content (AvgIpc) is 2.87. The lowest BCUT2D eigenvalue weighted by Crippen LogP contribution is -2.23. The fourth-order valence-corrected chi connectivity index (χ4v) is 4.36. The van der Waals surface area contributed by atoms with Crippen LogP contribution in [0.25, 0.3) is 0 Å². The molecule has 0 bridgehead atoms. The minimum absolute atomic E-state index is 0.0157. The summed E-state index contributed by atoms with van der Waals surface area (Å²) in [6, 6.07) is 19.3. The molecule has 0 saturated heterocycles. The second kappa shape index (κ2) is 13.4. The summed E-state index contributed by atoms with van der Waals surface area (Å²) < 4.78 is 28.7. The number of ether oxygens (including phenoxy) is 1. The molecule has 0 aliphatic heterocycles. The number of aliphatic hydroxyl groups excluding tert-OH is 2. The van der Waals surface area contributed by atoms with E-state index in [9.17, 15) is 23.7 Å². The zero-order valence-corrected chi connectivity index (χ0v) is 21.0. The number of aromatic hydroxyl groups is 1. The van der Waals surface area contributed by atoms with Crippen LogP contribution >= 0.6 is 0 Å². The number of benzene rings is 3. The van der Waals surface area contributed by atoms with Gasteiger partial charge in [0.1, 0.15) is 11.5 Å². The van der Waals surface area contributed by atoms with E-state index in [4.69, 9.17) is 9.88 Å². The van der Waals surface area contributed by atoms with Gasteiger partial charge in [-0.3, -0.25) is 0 Å². The first-order valence-electron chi connectivity index (χ1n) is 11.9. The van der Waals surface area contributed by atoms with Crippen LogP contribution < -0.4 is 15.2 Å². The molecule has 0 amide bonds. The molecule has 194 valence electrons. The Bertz CT molecular complexity index is 1220. The number of primary sulfonamides is 1. The highest BCUT2D eigenvalue weighted by Gasteiger charge is 2.10. The third kappa shape index (κ3) is 8.61. The standard InChI is InChI=1S/C27H34N2O6S/c28-36(33,34)25-6-3-5-21(16-25)4-1-2-15-35-24-10-7-20(8-11-24)13-14-29-18-27(32)22-9-12-26(31)23(17-22)19-30/h3,5-12,16-17,27,29-32H,1-2,4,13-15,18-19H2,(H2,28,33,34). The van der Waals surface area contributed by atoms with Gasteiger partial charge in [0.15, 0.2) is 0 Å². The fraction of sp³-hybridized carbons (Fsp3) is 0.333. The maximum absolute atomic E-state index is 11.5. The Morgan fingerprint density at radius 3 is 2.44 bits per heavy atom. The number of nitrogens with two attached hydrogens (primary N) is 1. The van der Waals surface area contributed by atoms with E-state index in [0.29, 0.717) is 30.8 Å². The van der Waals surface area contributed by atoms with Gasteiger partial charge >= 0.3 is 0 Å². The Labute approximate surface area is 212 Å². The van der Waals surface area contributed by atoms with Crippen molar-refractivity contribution in [2.75, 3.05) is 19.7 Å². The highest BCUT2D eigenvalue weighted by atomic mass is 32.2. The van der Waals surface area contributed by atoms with Crippen LogP contribution in [0.2, 0.25) is 0 Å². The summed E-state index contributed by atoms with van der Waals surface area (Å²) in [7, 11) is -3.68. The van der Waals surface area contributed by atoms with E-state index in [-0.39, 0.29) is 17.3 Å². The van der Waals surface area contributed by atoms with Gasteiger partial charge in [-0.2, -0.15) is 0 Å². The predicted octanol–water partition coefficient (Wildman–Crippen LogP) is 2.80. The first-order valence-corrected chi connectivity index (χ1v) is 13.5. The molecule has 0 saturated carbocycles. The highest BCUT2D eigenvalue weighted by Crippen LogP contribution is 2.22. The predicted molar refractivity (Wildman–Crippen MR) is 138 cm³/mol. The summed E-state index contributed by atoms with van der Waals surface area (Å²) in [6.45, 7) is 1.35. The first-order chi connectivity index (χ1) is 17.3. The molecule has 0 aliphatic carbocycles. The maximum atomic E-state index is 11.5. The van der Waals surface area contributed by atoms with Gasteiger partial charge in [-0.15, -0.1) is 0 Å². The number of hydrogen-bond acceptors (Lipinski definition) is 7. The van der Waals surface area contributed by atoms with Crippen LogP contribution in [0, 0.1) is 0 Å². The van der Waals surface area contributed by atoms with Gasteiger partial charge in [0, 0.05) is 12.1 Å².